The van der Waals surface area contributed by atoms with Gasteiger partial charge in [-0.05, 0) is 76.4 Å². The van der Waals surface area contributed by atoms with Crippen LogP contribution in [0.4, 0.5) is 16.2 Å². The highest BCUT2D eigenvalue weighted by atomic mass is 16.2. The van der Waals surface area contributed by atoms with E-state index in [1.54, 1.807) is 0 Å². The standard InChI is InChI=1S/C28H50N6O2/c1-5-31(6-2)20-22-34(23-21-32(7-3)8-4)28(36)30-26-16-14-25(15-17-26)29-27(35)24-33-18-12-10-9-11-13-19-33/h14-17H,5-13,18-24H2,1-4H3,(H,29,35)(H,30,36). The van der Waals surface area contributed by atoms with E-state index in [1.165, 1.54) is 32.1 Å². The van der Waals surface area contributed by atoms with Crippen molar-refractivity contribution in [2.24, 2.45) is 0 Å². The number of urea groups is 1. The molecule has 1 aliphatic rings. The zero-order chi connectivity index (χ0) is 26.2. The Morgan fingerprint density at radius 2 is 1.14 bits per heavy atom. The van der Waals surface area contributed by atoms with E-state index in [4.69, 9.17) is 0 Å². The molecule has 0 aliphatic carbocycles. The van der Waals surface area contributed by atoms with Crippen LogP contribution < -0.4 is 10.6 Å². The molecule has 1 aromatic rings. The number of anilines is 2. The van der Waals surface area contributed by atoms with Gasteiger partial charge in [-0.15, -0.1) is 0 Å². The Bertz CT molecular complexity index is 725. The van der Waals surface area contributed by atoms with Gasteiger partial charge in [0.2, 0.25) is 5.91 Å². The van der Waals surface area contributed by atoms with E-state index in [0.717, 1.165) is 63.7 Å². The summed E-state index contributed by atoms with van der Waals surface area (Å²) in [5, 5.41) is 6.05. The highest BCUT2D eigenvalue weighted by molar-refractivity contribution is 5.93. The van der Waals surface area contributed by atoms with E-state index >= 15 is 0 Å². The van der Waals surface area contributed by atoms with Crippen LogP contribution in [0.15, 0.2) is 24.3 Å². The Morgan fingerprint density at radius 3 is 1.61 bits per heavy atom. The molecule has 0 atom stereocenters. The molecule has 1 saturated heterocycles. The Balaban J connectivity index is 1.90. The van der Waals surface area contributed by atoms with E-state index in [-0.39, 0.29) is 11.9 Å². The van der Waals surface area contributed by atoms with Crippen molar-refractivity contribution >= 4 is 23.3 Å². The van der Waals surface area contributed by atoms with E-state index in [1.807, 2.05) is 29.2 Å². The number of likely N-dealkylation sites (N-methyl/N-ethyl adjacent to an activating group) is 2. The summed E-state index contributed by atoms with van der Waals surface area (Å²) >= 11 is 0. The van der Waals surface area contributed by atoms with E-state index < -0.39 is 0 Å². The Hall–Kier alpha value is -2.16. The zero-order valence-corrected chi connectivity index (χ0v) is 23.2. The molecule has 0 aromatic heterocycles. The minimum atomic E-state index is -0.0804. The molecule has 3 amide bonds. The first-order chi connectivity index (χ1) is 17.5. The third-order valence-electron chi connectivity index (χ3n) is 7.18. The second-order valence-corrected chi connectivity index (χ2v) is 9.64. The fraction of sp³-hybridized carbons (Fsp3) is 0.714. The number of benzene rings is 1. The number of nitrogens with one attached hydrogen (secondary N) is 2. The average molecular weight is 503 g/mol. The molecule has 1 aromatic carbocycles. The number of carbonyl (C=O) groups excluding carboxylic acids is 2. The fourth-order valence-electron chi connectivity index (χ4n) is 4.63. The lowest BCUT2D eigenvalue weighted by Gasteiger charge is -2.29. The van der Waals surface area contributed by atoms with Gasteiger partial charge in [0.05, 0.1) is 6.54 Å². The highest BCUT2D eigenvalue weighted by Gasteiger charge is 2.16. The molecular weight excluding hydrogens is 452 g/mol. The number of rotatable bonds is 14. The smallest absolute Gasteiger partial charge is 0.321 e. The van der Waals surface area contributed by atoms with Crippen LogP contribution in [0.1, 0.15) is 59.8 Å². The Morgan fingerprint density at radius 1 is 0.694 bits per heavy atom. The van der Waals surface area contributed by atoms with Crippen molar-refractivity contribution in [3.63, 3.8) is 0 Å². The molecule has 1 fully saturated rings. The van der Waals surface area contributed by atoms with Crippen molar-refractivity contribution in [1.82, 2.24) is 19.6 Å². The summed E-state index contributed by atoms with van der Waals surface area (Å²) < 4.78 is 0. The quantitative estimate of drug-likeness (QED) is 0.394. The maximum Gasteiger partial charge on any atom is 0.321 e. The molecule has 0 unspecified atom stereocenters. The van der Waals surface area contributed by atoms with Crippen molar-refractivity contribution < 1.29 is 9.59 Å². The molecule has 8 heteroatoms. The van der Waals surface area contributed by atoms with Crippen LogP contribution in [0.5, 0.6) is 0 Å². The number of carbonyl (C=O) groups is 2. The van der Waals surface area contributed by atoms with Crippen LogP contribution in [0.25, 0.3) is 0 Å². The summed E-state index contributed by atoms with van der Waals surface area (Å²) in [4.78, 5) is 34.5. The van der Waals surface area contributed by atoms with Crippen molar-refractivity contribution in [3.8, 4) is 0 Å². The second kappa shape index (κ2) is 17.3. The van der Waals surface area contributed by atoms with E-state index in [0.29, 0.717) is 19.6 Å². The third-order valence-corrected chi connectivity index (χ3v) is 7.18. The number of likely N-dealkylation sites (tertiary alicyclic amines) is 1. The van der Waals surface area contributed by atoms with Gasteiger partial charge in [-0.3, -0.25) is 9.69 Å². The third kappa shape index (κ3) is 11.3. The Kier molecular flexibility index (Phi) is 14.5. The molecule has 1 heterocycles. The zero-order valence-electron chi connectivity index (χ0n) is 23.2. The van der Waals surface area contributed by atoms with Crippen LogP contribution in [0.3, 0.4) is 0 Å². The largest absolute Gasteiger partial charge is 0.325 e. The lowest BCUT2D eigenvalue weighted by atomic mass is 10.1. The van der Waals surface area contributed by atoms with Gasteiger partial charge >= 0.3 is 6.03 Å². The summed E-state index contributed by atoms with van der Waals surface area (Å²) in [5.41, 5.74) is 1.49. The molecule has 2 N–H and O–H groups in total. The lowest BCUT2D eigenvalue weighted by Crippen LogP contribution is -2.44. The first-order valence-electron chi connectivity index (χ1n) is 14.1. The molecule has 0 saturated carbocycles. The number of hydrogen-bond acceptors (Lipinski definition) is 5. The van der Waals surface area contributed by atoms with Crippen LogP contribution in [0.2, 0.25) is 0 Å². The minimum Gasteiger partial charge on any atom is -0.325 e. The maximum atomic E-state index is 13.1. The Labute approximate surface area is 219 Å². The van der Waals surface area contributed by atoms with E-state index in [2.05, 4.69) is 53.0 Å². The van der Waals surface area contributed by atoms with Gasteiger partial charge in [0, 0.05) is 37.6 Å². The maximum absolute atomic E-state index is 13.1. The van der Waals surface area contributed by atoms with Crippen LogP contribution in [0, 0.1) is 0 Å². The highest BCUT2D eigenvalue weighted by Crippen LogP contribution is 2.15. The molecule has 8 nitrogen and oxygen atoms in total. The van der Waals surface area contributed by atoms with Crippen molar-refractivity contribution in [3.05, 3.63) is 24.3 Å². The van der Waals surface area contributed by atoms with Crippen molar-refractivity contribution in [2.75, 3.05) is 82.6 Å². The number of amides is 3. The van der Waals surface area contributed by atoms with Gasteiger partial charge in [0.1, 0.15) is 0 Å². The van der Waals surface area contributed by atoms with Gasteiger partial charge < -0.3 is 25.3 Å². The molecular formula is C28H50N6O2. The van der Waals surface area contributed by atoms with Gasteiger partial charge in [0.15, 0.2) is 0 Å². The molecule has 2 rings (SSSR count). The summed E-state index contributed by atoms with van der Waals surface area (Å²) in [5.74, 6) is 0.0198. The van der Waals surface area contributed by atoms with Crippen LogP contribution >= 0.6 is 0 Å². The molecule has 0 bridgehead atoms. The first kappa shape index (κ1) is 30.1. The normalized spacial score (nSPS) is 14.9. The predicted octanol–water partition coefficient (Wildman–Crippen LogP) is 4.41. The summed E-state index contributed by atoms with van der Waals surface area (Å²) in [7, 11) is 0. The molecule has 1 aliphatic heterocycles. The minimum absolute atomic E-state index is 0.0198. The van der Waals surface area contributed by atoms with Crippen LogP contribution in [-0.2, 0) is 4.79 Å². The SMILES string of the molecule is CCN(CC)CCN(CCN(CC)CC)C(=O)Nc1ccc(NC(=O)CN2CCCCCCC2)cc1. The number of nitrogens with zero attached hydrogens (tertiary/aromatic N) is 4. The number of hydrogen-bond donors (Lipinski definition) is 2. The molecule has 0 radical (unpaired) electrons. The van der Waals surface area contributed by atoms with Gasteiger partial charge in [-0.1, -0.05) is 47.0 Å². The molecule has 0 spiro atoms. The monoisotopic (exact) mass is 502 g/mol. The van der Waals surface area contributed by atoms with Gasteiger partial charge in [0.25, 0.3) is 0 Å². The predicted molar refractivity (Wildman–Crippen MR) is 151 cm³/mol. The topological polar surface area (TPSA) is 71.2 Å². The fourth-order valence-corrected chi connectivity index (χ4v) is 4.63. The molecule has 204 valence electrons. The van der Waals surface area contributed by atoms with Crippen LogP contribution in [-0.4, -0.2) is 104 Å². The lowest BCUT2D eigenvalue weighted by molar-refractivity contribution is -0.117. The first-order valence-corrected chi connectivity index (χ1v) is 14.1. The summed E-state index contributed by atoms with van der Waals surface area (Å²) in [6.45, 7) is 18.1. The van der Waals surface area contributed by atoms with Crippen molar-refractivity contribution in [1.29, 1.82) is 0 Å². The van der Waals surface area contributed by atoms with Gasteiger partial charge in [-0.2, -0.15) is 0 Å². The summed E-state index contributed by atoms with van der Waals surface area (Å²) in [6, 6.07) is 7.35. The van der Waals surface area contributed by atoms with Gasteiger partial charge in [-0.25, -0.2) is 4.79 Å². The molecule has 36 heavy (non-hydrogen) atoms. The summed E-state index contributed by atoms with van der Waals surface area (Å²) in [6.07, 6.45) is 6.17. The second-order valence-electron chi connectivity index (χ2n) is 9.64. The van der Waals surface area contributed by atoms with Crippen molar-refractivity contribution in [2.45, 2.75) is 59.8 Å². The average Bonchev–Trinajstić information content (AvgIpc) is 2.86. The van der Waals surface area contributed by atoms with E-state index in [9.17, 15) is 9.59 Å².